The summed E-state index contributed by atoms with van der Waals surface area (Å²) in [6.45, 7) is 4.41. The van der Waals surface area contributed by atoms with E-state index in [4.69, 9.17) is 9.26 Å². The van der Waals surface area contributed by atoms with E-state index >= 15 is 0 Å². The average molecular weight is 457 g/mol. The molecule has 0 aliphatic carbocycles. The largest absolute Gasteiger partial charge is 0.495 e. The maximum atomic E-state index is 13.4. The van der Waals surface area contributed by atoms with Gasteiger partial charge in [-0.2, -0.15) is 0 Å². The van der Waals surface area contributed by atoms with Crippen LogP contribution in [0.4, 0.5) is 11.4 Å². The fourth-order valence-corrected chi connectivity index (χ4v) is 4.23. The van der Waals surface area contributed by atoms with Gasteiger partial charge in [0.05, 0.1) is 35.1 Å². The standard InChI is InChI=1S/C26H24N4O4/c1-15-6-8-17(9-7-15)20-14-19(24-16(2)29-34-26(24)28-20)25(32)27-18-10-11-22(33-3)21(13-18)30-12-4-5-23(30)31/h6-11,13-14H,4-5,12H2,1-3H3,(H,27,32). The number of anilines is 2. The second-order valence-corrected chi connectivity index (χ2v) is 8.36. The Bertz CT molecular complexity index is 1410. The summed E-state index contributed by atoms with van der Waals surface area (Å²) < 4.78 is 10.9. The lowest BCUT2D eigenvalue weighted by molar-refractivity contribution is -0.117. The number of aryl methyl sites for hydroxylation is 2. The predicted octanol–water partition coefficient (Wildman–Crippen LogP) is 4.89. The molecule has 4 aromatic rings. The van der Waals surface area contributed by atoms with E-state index in [-0.39, 0.29) is 11.8 Å². The molecule has 34 heavy (non-hydrogen) atoms. The number of carbonyl (C=O) groups is 2. The van der Waals surface area contributed by atoms with E-state index in [1.165, 1.54) is 0 Å². The van der Waals surface area contributed by atoms with Crippen molar-refractivity contribution in [2.45, 2.75) is 26.7 Å². The molecule has 8 nitrogen and oxygen atoms in total. The Balaban J connectivity index is 1.53. The van der Waals surface area contributed by atoms with Crippen LogP contribution in [-0.2, 0) is 4.79 Å². The van der Waals surface area contributed by atoms with Gasteiger partial charge in [-0.15, -0.1) is 0 Å². The highest BCUT2D eigenvalue weighted by atomic mass is 16.5. The monoisotopic (exact) mass is 456 g/mol. The van der Waals surface area contributed by atoms with Crippen LogP contribution in [0.25, 0.3) is 22.4 Å². The summed E-state index contributed by atoms with van der Waals surface area (Å²) in [5.74, 6) is 0.299. The molecule has 0 saturated carbocycles. The first-order valence-electron chi connectivity index (χ1n) is 11.1. The number of amides is 2. The number of aromatic nitrogens is 2. The quantitative estimate of drug-likeness (QED) is 0.459. The molecule has 1 aliphatic heterocycles. The van der Waals surface area contributed by atoms with Crippen molar-refractivity contribution in [3.05, 3.63) is 65.4 Å². The van der Waals surface area contributed by atoms with E-state index in [0.717, 1.165) is 17.5 Å². The van der Waals surface area contributed by atoms with Gasteiger partial charge in [-0.05, 0) is 44.5 Å². The lowest BCUT2D eigenvalue weighted by Crippen LogP contribution is -2.24. The lowest BCUT2D eigenvalue weighted by atomic mass is 10.0. The normalized spacial score (nSPS) is 13.5. The molecule has 0 spiro atoms. The maximum Gasteiger partial charge on any atom is 0.259 e. The van der Waals surface area contributed by atoms with Gasteiger partial charge in [0.2, 0.25) is 5.91 Å². The highest BCUT2D eigenvalue weighted by molar-refractivity contribution is 6.13. The summed E-state index contributed by atoms with van der Waals surface area (Å²) in [6.07, 6.45) is 1.30. The Morgan fingerprint density at radius 1 is 1.12 bits per heavy atom. The van der Waals surface area contributed by atoms with Gasteiger partial charge in [0.15, 0.2) is 0 Å². The highest BCUT2D eigenvalue weighted by Crippen LogP contribution is 2.35. The first-order valence-corrected chi connectivity index (χ1v) is 11.1. The zero-order valence-electron chi connectivity index (χ0n) is 19.2. The minimum absolute atomic E-state index is 0.0421. The summed E-state index contributed by atoms with van der Waals surface area (Å²) >= 11 is 0. The number of nitrogens with one attached hydrogen (secondary N) is 1. The van der Waals surface area contributed by atoms with Gasteiger partial charge in [0.25, 0.3) is 11.6 Å². The Morgan fingerprint density at radius 2 is 1.91 bits per heavy atom. The molecule has 0 bridgehead atoms. The fraction of sp³-hybridized carbons (Fsp3) is 0.231. The second-order valence-electron chi connectivity index (χ2n) is 8.36. The van der Waals surface area contributed by atoms with Gasteiger partial charge in [-0.1, -0.05) is 35.0 Å². The molecular weight excluding hydrogens is 432 g/mol. The number of hydrogen-bond acceptors (Lipinski definition) is 6. The molecule has 2 aromatic carbocycles. The van der Waals surface area contributed by atoms with Gasteiger partial charge in [0.1, 0.15) is 5.75 Å². The van der Waals surface area contributed by atoms with Crippen molar-refractivity contribution >= 4 is 34.3 Å². The van der Waals surface area contributed by atoms with E-state index < -0.39 is 0 Å². The molecule has 8 heteroatoms. The predicted molar refractivity (Wildman–Crippen MR) is 129 cm³/mol. The molecule has 3 heterocycles. The van der Waals surface area contributed by atoms with Gasteiger partial charge in [0, 0.05) is 24.2 Å². The van der Waals surface area contributed by atoms with Crippen LogP contribution in [0.3, 0.4) is 0 Å². The van der Waals surface area contributed by atoms with Crippen molar-refractivity contribution in [1.82, 2.24) is 10.1 Å². The first-order chi connectivity index (χ1) is 16.4. The molecule has 0 atom stereocenters. The zero-order valence-corrected chi connectivity index (χ0v) is 19.2. The molecule has 0 radical (unpaired) electrons. The molecule has 1 saturated heterocycles. The van der Waals surface area contributed by atoms with Crippen LogP contribution in [0.15, 0.2) is 53.1 Å². The molecule has 1 fully saturated rings. The highest BCUT2D eigenvalue weighted by Gasteiger charge is 2.25. The second kappa shape index (κ2) is 8.62. The first kappa shape index (κ1) is 21.6. The Hall–Kier alpha value is -4.20. The van der Waals surface area contributed by atoms with Crippen LogP contribution in [-0.4, -0.2) is 35.6 Å². The van der Waals surface area contributed by atoms with Crippen molar-refractivity contribution in [2.24, 2.45) is 0 Å². The van der Waals surface area contributed by atoms with E-state index in [1.54, 1.807) is 43.2 Å². The van der Waals surface area contributed by atoms with Gasteiger partial charge in [-0.3, -0.25) is 9.59 Å². The molecule has 5 rings (SSSR count). The summed E-state index contributed by atoms with van der Waals surface area (Å²) in [7, 11) is 1.56. The average Bonchev–Trinajstić information content (AvgIpc) is 3.44. The summed E-state index contributed by atoms with van der Waals surface area (Å²) in [4.78, 5) is 32.0. The number of pyridine rings is 1. The van der Waals surface area contributed by atoms with Crippen LogP contribution in [0.2, 0.25) is 0 Å². The third kappa shape index (κ3) is 3.87. The van der Waals surface area contributed by atoms with Gasteiger partial charge in [-0.25, -0.2) is 4.98 Å². The number of benzene rings is 2. The number of methoxy groups -OCH3 is 1. The molecule has 2 aromatic heterocycles. The Morgan fingerprint density at radius 3 is 2.62 bits per heavy atom. The molecule has 1 N–H and O–H groups in total. The molecule has 2 amide bonds. The SMILES string of the molecule is COc1ccc(NC(=O)c2cc(-c3ccc(C)cc3)nc3onc(C)c23)cc1N1CCCC1=O. The molecular formula is C26H24N4O4. The smallest absolute Gasteiger partial charge is 0.259 e. The van der Waals surface area contributed by atoms with Crippen molar-refractivity contribution < 1.29 is 18.8 Å². The fourth-order valence-electron chi connectivity index (χ4n) is 4.23. The van der Waals surface area contributed by atoms with E-state index in [1.807, 2.05) is 31.2 Å². The summed E-state index contributed by atoms with van der Waals surface area (Å²) in [6, 6.07) is 14.9. The van der Waals surface area contributed by atoms with Crippen molar-refractivity contribution in [3.63, 3.8) is 0 Å². The number of fused-ring (bicyclic) bond motifs is 1. The molecule has 172 valence electrons. The number of hydrogen-bond donors (Lipinski definition) is 1. The van der Waals surface area contributed by atoms with E-state index in [0.29, 0.717) is 58.1 Å². The van der Waals surface area contributed by atoms with E-state index in [9.17, 15) is 9.59 Å². The minimum atomic E-state index is -0.323. The van der Waals surface area contributed by atoms with Crippen LogP contribution in [0, 0.1) is 13.8 Å². The lowest BCUT2D eigenvalue weighted by Gasteiger charge is -2.20. The maximum absolute atomic E-state index is 13.4. The zero-order chi connectivity index (χ0) is 23.8. The van der Waals surface area contributed by atoms with Gasteiger partial charge >= 0.3 is 0 Å². The van der Waals surface area contributed by atoms with Crippen LogP contribution >= 0.6 is 0 Å². The molecule has 1 aliphatic rings. The van der Waals surface area contributed by atoms with Crippen molar-refractivity contribution in [1.29, 1.82) is 0 Å². The van der Waals surface area contributed by atoms with Crippen LogP contribution in [0.5, 0.6) is 5.75 Å². The summed E-state index contributed by atoms with van der Waals surface area (Å²) in [5.41, 5.74) is 5.11. The Kier molecular flexibility index (Phi) is 5.49. The number of nitrogens with zero attached hydrogens (tertiary/aromatic N) is 3. The molecule has 0 unspecified atom stereocenters. The Labute approximate surface area is 196 Å². The third-order valence-electron chi connectivity index (χ3n) is 6.01. The third-order valence-corrected chi connectivity index (χ3v) is 6.01. The van der Waals surface area contributed by atoms with E-state index in [2.05, 4.69) is 15.5 Å². The minimum Gasteiger partial charge on any atom is -0.495 e. The van der Waals surface area contributed by atoms with Crippen LogP contribution in [0.1, 0.15) is 34.5 Å². The van der Waals surface area contributed by atoms with Gasteiger partial charge < -0.3 is 19.5 Å². The number of rotatable bonds is 5. The van der Waals surface area contributed by atoms with Crippen molar-refractivity contribution in [2.75, 3.05) is 23.9 Å². The van der Waals surface area contributed by atoms with Crippen molar-refractivity contribution in [3.8, 4) is 17.0 Å². The number of carbonyl (C=O) groups excluding carboxylic acids is 2. The van der Waals surface area contributed by atoms with Crippen LogP contribution < -0.4 is 15.0 Å². The summed E-state index contributed by atoms with van der Waals surface area (Å²) in [5, 5.41) is 7.54. The number of ether oxygens (including phenoxy) is 1. The topological polar surface area (TPSA) is 97.6 Å².